The number of thioether (sulfide) groups is 2. The first-order valence-electron chi connectivity index (χ1n) is 8.82. The Labute approximate surface area is 202 Å². The Bertz CT molecular complexity index is 1050. The Kier molecular flexibility index (Phi) is 14.5. The van der Waals surface area contributed by atoms with Gasteiger partial charge in [0.05, 0.1) is 0 Å². The van der Waals surface area contributed by atoms with Gasteiger partial charge in [-0.05, 0) is 28.9 Å². The molecule has 0 heterocycles. The summed E-state index contributed by atoms with van der Waals surface area (Å²) in [5.41, 5.74) is 2.65. The molecular weight excluding hydrogens is 440 g/mol. The molecule has 5 heteroatoms. The molecular formula is C26H24O2S3. The summed E-state index contributed by atoms with van der Waals surface area (Å²) in [6.45, 7) is 3.18. The summed E-state index contributed by atoms with van der Waals surface area (Å²) in [6, 6.07) is 20.9. The number of ether oxygens (including phenoxy) is 1. The lowest BCUT2D eigenvalue weighted by Gasteiger charge is -2.04. The summed E-state index contributed by atoms with van der Waals surface area (Å²) in [6.07, 6.45) is 7.87. The Morgan fingerprint density at radius 1 is 0.935 bits per heavy atom. The molecule has 2 rings (SSSR count). The fourth-order valence-electron chi connectivity index (χ4n) is 1.75. The van der Waals surface area contributed by atoms with Crippen LogP contribution in [-0.4, -0.2) is 9.50 Å². The monoisotopic (exact) mass is 464 g/mol. The number of hydrogen-bond donors (Lipinski definition) is 0. The highest BCUT2D eigenvalue weighted by atomic mass is 32.2. The zero-order chi connectivity index (χ0) is 22.6. The maximum atomic E-state index is 10.4. The van der Waals surface area contributed by atoms with E-state index in [9.17, 15) is 4.79 Å². The lowest BCUT2D eigenvalue weighted by atomic mass is 10.2. The van der Waals surface area contributed by atoms with E-state index in [1.54, 1.807) is 23.5 Å². The van der Waals surface area contributed by atoms with Crippen LogP contribution in [0.2, 0.25) is 0 Å². The standard InChI is InChI=1S/C15H14S3.C11H4O2.3H2/c16-15(17-11-13-7-3-1-4-8-13)18-12-14-9-5-2-6-10-14;1-3-5-6-7-8-9-10-13-11(12)4-2;;;/h1-10H,11-12H2;1,4H,2H2;3*1H. The van der Waals surface area contributed by atoms with Crippen LogP contribution in [0.1, 0.15) is 15.4 Å². The maximum absolute atomic E-state index is 10.4. The molecule has 2 aromatic rings. The predicted molar refractivity (Wildman–Crippen MR) is 143 cm³/mol. The number of rotatable bonds is 5. The van der Waals surface area contributed by atoms with Crippen LogP contribution >= 0.6 is 35.7 Å². The smallest absolute Gasteiger partial charge is 0.344 e. The van der Waals surface area contributed by atoms with Crippen LogP contribution in [0.3, 0.4) is 0 Å². The topological polar surface area (TPSA) is 26.3 Å². The number of carbonyl (C=O) groups excluding carboxylic acids is 1. The first-order chi connectivity index (χ1) is 15.2. The molecule has 0 N–H and O–H groups in total. The molecule has 0 aromatic heterocycles. The molecule has 2 nitrogen and oxygen atoms in total. The zero-order valence-electron chi connectivity index (χ0n) is 16.6. The van der Waals surface area contributed by atoms with Crippen molar-refractivity contribution in [2.75, 3.05) is 0 Å². The molecule has 0 radical (unpaired) electrons. The van der Waals surface area contributed by atoms with Crippen molar-refractivity contribution in [3.63, 3.8) is 0 Å². The summed E-state index contributed by atoms with van der Waals surface area (Å²) in [5.74, 6) is 14.9. The molecule has 0 unspecified atom stereocenters. The van der Waals surface area contributed by atoms with Crippen LogP contribution in [0, 0.1) is 48.1 Å². The number of benzene rings is 2. The van der Waals surface area contributed by atoms with Crippen molar-refractivity contribution in [3.8, 4) is 48.1 Å². The van der Waals surface area contributed by atoms with E-state index in [0.29, 0.717) is 0 Å². The minimum Gasteiger partial charge on any atom is -0.368 e. The van der Waals surface area contributed by atoms with E-state index >= 15 is 0 Å². The van der Waals surface area contributed by atoms with Gasteiger partial charge in [-0.3, -0.25) is 0 Å². The van der Waals surface area contributed by atoms with Crippen molar-refractivity contribution >= 4 is 45.2 Å². The van der Waals surface area contributed by atoms with Gasteiger partial charge in [-0.2, -0.15) is 0 Å². The Hall–Kier alpha value is -3.32. The number of esters is 1. The minimum atomic E-state index is -0.621. The van der Waals surface area contributed by atoms with Gasteiger partial charge < -0.3 is 4.74 Å². The average molecular weight is 465 g/mol. The fraction of sp³-hybridized carbons (Fsp3) is 0.0769. The Balaban J connectivity index is -0.000000545. The predicted octanol–water partition coefficient (Wildman–Crippen LogP) is 6.19. The number of carbonyl (C=O) groups is 1. The first-order valence-corrected chi connectivity index (χ1v) is 11.2. The van der Waals surface area contributed by atoms with E-state index in [1.807, 2.05) is 18.2 Å². The lowest BCUT2D eigenvalue weighted by Crippen LogP contribution is -1.91. The van der Waals surface area contributed by atoms with Crippen LogP contribution in [0.5, 0.6) is 0 Å². The summed E-state index contributed by atoms with van der Waals surface area (Å²) in [5, 5.41) is 0. The molecule has 0 bridgehead atoms. The quantitative estimate of drug-likeness (QED) is 0.227. The fourth-order valence-corrected chi connectivity index (χ4v) is 3.74. The van der Waals surface area contributed by atoms with E-state index in [4.69, 9.17) is 18.6 Å². The molecule has 2 aromatic carbocycles. The van der Waals surface area contributed by atoms with Gasteiger partial charge in [-0.1, -0.05) is 79.5 Å². The van der Waals surface area contributed by atoms with E-state index in [1.165, 1.54) is 11.1 Å². The maximum Gasteiger partial charge on any atom is 0.344 e. The van der Waals surface area contributed by atoms with Crippen LogP contribution < -0.4 is 0 Å². The van der Waals surface area contributed by atoms with Crippen molar-refractivity contribution in [3.05, 3.63) is 84.4 Å². The normalized spacial score (nSPS) is 8.10. The molecule has 0 saturated heterocycles. The second-order valence-corrected chi connectivity index (χ2v) is 8.45. The Morgan fingerprint density at radius 3 is 1.90 bits per heavy atom. The largest absolute Gasteiger partial charge is 0.368 e. The minimum absolute atomic E-state index is 0. The van der Waals surface area contributed by atoms with Gasteiger partial charge in [0.2, 0.25) is 0 Å². The second-order valence-electron chi connectivity index (χ2n) is 5.30. The SMILES string of the molecule is C#CC#CC#CC#COC(=O)C=C.S=C(SCc1ccccc1)SCc1ccccc1.[HH].[HH].[HH]. The van der Waals surface area contributed by atoms with Gasteiger partial charge in [0, 0.05) is 39.6 Å². The second kappa shape index (κ2) is 17.5. The van der Waals surface area contributed by atoms with Gasteiger partial charge in [-0.15, -0.1) is 29.9 Å². The van der Waals surface area contributed by atoms with Crippen LogP contribution in [0.15, 0.2) is 73.3 Å². The molecule has 0 amide bonds. The van der Waals surface area contributed by atoms with Crippen molar-refractivity contribution in [1.29, 1.82) is 0 Å². The number of thiocarbonyl (C=S) groups is 1. The number of hydrogen-bond acceptors (Lipinski definition) is 5. The van der Waals surface area contributed by atoms with Crippen molar-refractivity contribution in [2.45, 2.75) is 11.5 Å². The summed E-state index contributed by atoms with van der Waals surface area (Å²) < 4.78 is 5.31. The van der Waals surface area contributed by atoms with Crippen LogP contribution in [0.4, 0.5) is 0 Å². The molecule has 0 aliphatic heterocycles. The molecule has 0 fully saturated rings. The van der Waals surface area contributed by atoms with Gasteiger partial charge in [0.15, 0.2) is 0 Å². The van der Waals surface area contributed by atoms with Crippen LogP contribution in [0.25, 0.3) is 0 Å². The van der Waals surface area contributed by atoms with Crippen molar-refractivity contribution in [2.24, 2.45) is 0 Å². The van der Waals surface area contributed by atoms with Crippen molar-refractivity contribution in [1.82, 2.24) is 0 Å². The molecule has 158 valence electrons. The molecule has 0 aliphatic rings. The molecule has 0 saturated carbocycles. The van der Waals surface area contributed by atoms with Gasteiger partial charge in [0.1, 0.15) is 9.64 Å². The van der Waals surface area contributed by atoms with Crippen molar-refractivity contribution < 1.29 is 13.8 Å². The highest BCUT2D eigenvalue weighted by Gasteiger charge is 2.01. The summed E-state index contributed by atoms with van der Waals surface area (Å²) in [4.78, 5) is 10.4. The lowest BCUT2D eigenvalue weighted by molar-refractivity contribution is -0.131. The van der Waals surface area contributed by atoms with E-state index < -0.39 is 5.97 Å². The van der Waals surface area contributed by atoms with Gasteiger partial charge in [0.25, 0.3) is 0 Å². The third-order valence-electron chi connectivity index (χ3n) is 3.09. The highest BCUT2D eigenvalue weighted by molar-refractivity contribution is 8.46. The molecule has 0 atom stereocenters. The first kappa shape index (κ1) is 25.7. The van der Waals surface area contributed by atoms with Gasteiger partial charge in [-0.25, -0.2) is 4.79 Å². The third-order valence-corrected chi connectivity index (χ3v) is 5.93. The third kappa shape index (κ3) is 14.3. The zero-order valence-corrected chi connectivity index (χ0v) is 19.0. The summed E-state index contributed by atoms with van der Waals surface area (Å²) >= 11 is 8.86. The summed E-state index contributed by atoms with van der Waals surface area (Å²) in [7, 11) is 0. The number of terminal acetylenes is 1. The Morgan fingerprint density at radius 2 is 1.42 bits per heavy atom. The van der Waals surface area contributed by atoms with Gasteiger partial charge >= 0.3 is 5.97 Å². The highest BCUT2D eigenvalue weighted by Crippen LogP contribution is 2.24. The van der Waals surface area contributed by atoms with E-state index in [-0.39, 0.29) is 4.28 Å². The molecule has 0 spiro atoms. The molecule has 31 heavy (non-hydrogen) atoms. The van der Waals surface area contributed by atoms with E-state index in [0.717, 1.165) is 21.1 Å². The average Bonchev–Trinajstić information content (AvgIpc) is 2.82. The van der Waals surface area contributed by atoms with Crippen LogP contribution in [-0.2, 0) is 21.0 Å². The molecule has 0 aliphatic carbocycles. The van der Waals surface area contributed by atoms with E-state index in [2.05, 4.69) is 95.4 Å².